The second-order valence-electron chi connectivity index (χ2n) is 6.36. The predicted octanol–water partition coefficient (Wildman–Crippen LogP) is 1.51. The van der Waals surface area contributed by atoms with Gasteiger partial charge in [-0.1, -0.05) is 12.1 Å². The monoisotopic (exact) mass is 395 g/mol. The molecule has 1 fully saturated rings. The van der Waals surface area contributed by atoms with Crippen LogP contribution in [0, 0.1) is 5.82 Å². The highest BCUT2D eigenvalue weighted by Crippen LogP contribution is 2.27. The van der Waals surface area contributed by atoms with Gasteiger partial charge in [-0.2, -0.15) is 5.10 Å². The van der Waals surface area contributed by atoms with E-state index in [0.29, 0.717) is 13.0 Å². The number of carbonyl (C=O) groups is 2. The SMILES string of the molecule is CNC(C(=O)N(C)C1CCN(c2ccccc2F)C1=O)c1cnn(C)c1.Cl. The summed E-state index contributed by atoms with van der Waals surface area (Å²) in [7, 11) is 5.07. The number of hydrogen-bond donors (Lipinski definition) is 1. The average molecular weight is 396 g/mol. The molecule has 1 N–H and O–H groups in total. The largest absolute Gasteiger partial charge is 0.332 e. The first-order valence-corrected chi connectivity index (χ1v) is 8.42. The number of carbonyl (C=O) groups excluding carboxylic acids is 2. The molecule has 0 aliphatic carbocycles. The third-order valence-corrected chi connectivity index (χ3v) is 4.73. The third-order valence-electron chi connectivity index (χ3n) is 4.73. The molecule has 0 saturated carbocycles. The molecule has 9 heteroatoms. The first kappa shape index (κ1) is 20.9. The lowest BCUT2D eigenvalue weighted by Gasteiger charge is -2.27. The molecule has 2 amide bonds. The summed E-state index contributed by atoms with van der Waals surface area (Å²) in [4.78, 5) is 28.5. The smallest absolute Gasteiger partial charge is 0.249 e. The molecule has 1 aromatic heterocycles. The molecular weight excluding hydrogens is 373 g/mol. The van der Waals surface area contributed by atoms with Gasteiger partial charge in [0.1, 0.15) is 17.9 Å². The molecular formula is C18H23ClFN5O2. The van der Waals surface area contributed by atoms with Crippen molar-refractivity contribution in [3.8, 4) is 0 Å². The van der Waals surface area contributed by atoms with Gasteiger partial charge < -0.3 is 15.1 Å². The Morgan fingerprint density at radius 1 is 1.41 bits per heavy atom. The minimum absolute atomic E-state index is 0. The van der Waals surface area contributed by atoms with E-state index in [2.05, 4.69) is 10.4 Å². The molecule has 0 spiro atoms. The molecule has 0 radical (unpaired) electrons. The summed E-state index contributed by atoms with van der Waals surface area (Å²) >= 11 is 0. The summed E-state index contributed by atoms with van der Waals surface area (Å²) in [5.74, 6) is -0.944. The Kier molecular flexibility index (Phi) is 6.56. The van der Waals surface area contributed by atoms with Crippen LogP contribution in [0.3, 0.4) is 0 Å². The van der Waals surface area contributed by atoms with Gasteiger partial charge in [-0.05, 0) is 25.6 Å². The summed E-state index contributed by atoms with van der Waals surface area (Å²) < 4.78 is 15.6. The van der Waals surface area contributed by atoms with Crippen LogP contribution in [0.5, 0.6) is 0 Å². The standard InChI is InChI=1S/C18H22FN5O2.ClH/c1-20-16(12-10-21-22(2)11-12)18(26)23(3)15-8-9-24(17(15)25)14-7-5-4-6-13(14)19;/h4-7,10-11,15-16,20H,8-9H2,1-3H3;1H. The molecule has 2 aromatic rings. The van der Waals surface area contributed by atoms with Gasteiger partial charge >= 0.3 is 0 Å². The summed E-state index contributed by atoms with van der Waals surface area (Å²) in [5, 5.41) is 7.06. The maximum atomic E-state index is 14.0. The zero-order chi connectivity index (χ0) is 18.8. The Balaban J connectivity index is 0.00000261. The molecule has 0 bridgehead atoms. The second kappa shape index (κ2) is 8.49. The number of likely N-dealkylation sites (N-methyl/N-ethyl adjacent to an activating group) is 2. The molecule has 2 heterocycles. The Morgan fingerprint density at radius 3 is 2.70 bits per heavy atom. The van der Waals surface area contributed by atoms with Gasteiger partial charge in [0.2, 0.25) is 11.8 Å². The number of aryl methyl sites for hydroxylation is 1. The van der Waals surface area contributed by atoms with Crippen molar-refractivity contribution in [2.75, 3.05) is 25.5 Å². The highest BCUT2D eigenvalue weighted by Gasteiger charge is 2.39. The van der Waals surface area contributed by atoms with Crippen LogP contribution in [-0.2, 0) is 16.6 Å². The Labute approximate surface area is 163 Å². The quantitative estimate of drug-likeness (QED) is 0.833. The number of hydrogen-bond acceptors (Lipinski definition) is 4. The van der Waals surface area contributed by atoms with Crippen LogP contribution in [0.1, 0.15) is 18.0 Å². The van der Waals surface area contributed by atoms with Crippen LogP contribution in [0.2, 0.25) is 0 Å². The number of amides is 2. The molecule has 27 heavy (non-hydrogen) atoms. The highest BCUT2D eigenvalue weighted by molar-refractivity contribution is 6.01. The molecule has 7 nitrogen and oxygen atoms in total. The van der Waals surface area contributed by atoms with Crippen LogP contribution < -0.4 is 10.2 Å². The lowest BCUT2D eigenvalue weighted by molar-refractivity contribution is -0.138. The Hall–Kier alpha value is -2.45. The van der Waals surface area contributed by atoms with Gasteiger partial charge in [0.15, 0.2) is 0 Å². The van der Waals surface area contributed by atoms with Crippen LogP contribution in [-0.4, -0.2) is 53.2 Å². The molecule has 1 aliphatic rings. The molecule has 1 aliphatic heterocycles. The van der Waals surface area contributed by atoms with Crippen LogP contribution in [0.4, 0.5) is 10.1 Å². The van der Waals surface area contributed by atoms with Gasteiger partial charge in [-0.15, -0.1) is 12.4 Å². The third kappa shape index (κ3) is 3.96. The zero-order valence-electron chi connectivity index (χ0n) is 15.4. The maximum absolute atomic E-state index is 14.0. The fourth-order valence-corrected chi connectivity index (χ4v) is 3.31. The lowest BCUT2D eigenvalue weighted by atomic mass is 10.1. The average Bonchev–Trinajstić information content (AvgIpc) is 3.21. The predicted molar refractivity (Wildman–Crippen MR) is 102 cm³/mol. The van der Waals surface area contributed by atoms with E-state index >= 15 is 0 Å². The minimum atomic E-state index is -0.616. The number of nitrogens with zero attached hydrogens (tertiary/aromatic N) is 4. The van der Waals surface area contributed by atoms with Gasteiger partial charge in [0.25, 0.3) is 0 Å². The number of rotatable bonds is 5. The first-order chi connectivity index (χ1) is 12.4. The van der Waals surface area contributed by atoms with Crippen molar-refractivity contribution in [2.24, 2.45) is 7.05 Å². The lowest BCUT2D eigenvalue weighted by Crippen LogP contribution is -2.47. The number of aromatic nitrogens is 2. The number of benzene rings is 1. The van der Waals surface area contributed by atoms with Crippen molar-refractivity contribution in [3.63, 3.8) is 0 Å². The van der Waals surface area contributed by atoms with E-state index in [1.54, 1.807) is 56.4 Å². The van der Waals surface area contributed by atoms with Crippen LogP contribution >= 0.6 is 12.4 Å². The number of nitrogens with one attached hydrogen (secondary N) is 1. The highest BCUT2D eigenvalue weighted by atomic mass is 35.5. The van der Waals surface area contributed by atoms with Crippen LogP contribution in [0.25, 0.3) is 0 Å². The van der Waals surface area contributed by atoms with Crippen molar-refractivity contribution >= 4 is 29.9 Å². The summed E-state index contributed by atoms with van der Waals surface area (Å²) in [6.45, 7) is 0.374. The topological polar surface area (TPSA) is 70.5 Å². The van der Waals surface area contributed by atoms with Gasteiger partial charge in [-0.3, -0.25) is 14.3 Å². The number of anilines is 1. The fourth-order valence-electron chi connectivity index (χ4n) is 3.31. The number of halogens is 2. The zero-order valence-corrected chi connectivity index (χ0v) is 16.2. The molecule has 3 rings (SSSR count). The van der Waals surface area contributed by atoms with Gasteiger partial charge in [-0.25, -0.2) is 4.39 Å². The van der Waals surface area contributed by atoms with Crippen molar-refractivity contribution in [3.05, 3.63) is 48.0 Å². The molecule has 2 atom stereocenters. The molecule has 1 saturated heterocycles. The summed E-state index contributed by atoms with van der Waals surface area (Å²) in [6, 6.07) is 4.96. The first-order valence-electron chi connectivity index (χ1n) is 8.42. The normalized spacial score (nSPS) is 17.6. The van der Waals surface area contributed by atoms with E-state index in [1.807, 2.05) is 0 Å². The van der Waals surface area contributed by atoms with Gasteiger partial charge in [0, 0.05) is 32.4 Å². The van der Waals surface area contributed by atoms with Crippen molar-refractivity contribution < 1.29 is 14.0 Å². The number of para-hydroxylation sites is 1. The van der Waals surface area contributed by atoms with E-state index in [0.717, 1.165) is 5.56 Å². The van der Waals surface area contributed by atoms with Crippen molar-refractivity contribution in [1.82, 2.24) is 20.0 Å². The van der Waals surface area contributed by atoms with Crippen molar-refractivity contribution in [2.45, 2.75) is 18.5 Å². The van der Waals surface area contributed by atoms with E-state index in [9.17, 15) is 14.0 Å². The van der Waals surface area contributed by atoms with Gasteiger partial charge in [0.05, 0.1) is 11.9 Å². The molecule has 1 aromatic carbocycles. The second-order valence-corrected chi connectivity index (χ2v) is 6.36. The minimum Gasteiger partial charge on any atom is -0.332 e. The van der Waals surface area contributed by atoms with E-state index in [-0.39, 0.29) is 29.9 Å². The summed E-state index contributed by atoms with van der Waals surface area (Å²) in [6.07, 6.45) is 3.84. The van der Waals surface area contributed by atoms with E-state index < -0.39 is 17.9 Å². The summed E-state index contributed by atoms with van der Waals surface area (Å²) in [5.41, 5.74) is 0.974. The fraction of sp³-hybridized carbons (Fsp3) is 0.389. The van der Waals surface area contributed by atoms with Crippen molar-refractivity contribution in [1.29, 1.82) is 0 Å². The Bertz CT molecular complexity index is 828. The Morgan fingerprint density at radius 2 is 2.11 bits per heavy atom. The van der Waals surface area contributed by atoms with E-state index in [1.165, 1.54) is 15.9 Å². The maximum Gasteiger partial charge on any atom is 0.249 e. The molecule has 146 valence electrons. The van der Waals surface area contributed by atoms with E-state index in [4.69, 9.17) is 0 Å². The van der Waals surface area contributed by atoms with Crippen LogP contribution in [0.15, 0.2) is 36.7 Å². The molecule has 2 unspecified atom stereocenters.